The Bertz CT molecular complexity index is 1030. The molecule has 1 aliphatic carbocycles. The minimum Gasteiger partial charge on any atom is -0.427 e. The van der Waals surface area contributed by atoms with Crippen molar-refractivity contribution in [2.75, 3.05) is 0 Å². The molecular weight excluding hydrogens is 434 g/mol. The lowest BCUT2D eigenvalue weighted by Gasteiger charge is -2.38. The van der Waals surface area contributed by atoms with Gasteiger partial charge in [-0.1, -0.05) is 49.2 Å². The van der Waals surface area contributed by atoms with Crippen molar-refractivity contribution in [1.82, 2.24) is 0 Å². The van der Waals surface area contributed by atoms with Crippen molar-refractivity contribution in [2.24, 2.45) is 0 Å². The van der Waals surface area contributed by atoms with Crippen molar-refractivity contribution >= 4 is 25.9 Å². The van der Waals surface area contributed by atoms with E-state index in [0.29, 0.717) is 15.0 Å². The predicted molar refractivity (Wildman–Crippen MR) is 150 cm³/mol. The van der Waals surface area contributed by atoms with Gasteiger partial charge < -0.3 is 19.5 Å². The first kappa shape index (κ1) is 28.0. The number of rotatable bonds is 8. The van der Waals surface area contributed by atoms with Crippen LogP contribution in [-0.2, 0) is 14.7 Å². The van der Waals surface area contributed by atoms with Gasteiger partial charge in [0, 0.05) is 5.41 Å². The molecule has 1 aliphatic rings. The fourth-order valence-corrected chi connectivity index (χ4v) is 4.31. The topological polar surface area (TPSA) is 58.9 Å². The summed E-state index contributed by atoms with van der Waals surface area (Å²) < 4.78 is 12.4. The Kier molecular flexibility index (Phi) is 7.01. The molecule has 2 aromatic carbocycles. The van der Waals surface area contributed by atoms with Crippen LogP contribution in [0.4, 0.5) is 0 Å². The molecule has 0 saturated heterocycles. The highest BCUT2D eigenvalue weighted by Gasteiger charge is 2.39. The summed E-state index contributed by atoms with van der Waals surface area (Å²) in [5.74, 6) is 0. The zero-order valence-corrected chi connectivity index (χ0v) is 23.9. The zero-order valence-electron chi connectivity index (χ0n) is 23.9. The summed E-state index contributed by atoms with van der Waals surface area (Å²) in [5.41, 5.74) is 6.45. The first-order chi connectivity index (χ1) is 15.7. The summed E-state index contributed by atoms with van der Waals surface area (Å²) in [4.78, 5) is 0. The van der Waals surface area contributed by atoms with Crippen molar-refractivity contribution in [1.29, 1.82) is 0 Å². The Morgan fingerprint density at radius 2 is 0.943 bits per heavy atom. The van der Waals surface area contributed by atoms with Gasteiger partial charge in [0.2, 0.25) is 0 Å². The highest BCUT2D eigenvalue weighted by Crippen LogP contribution is 2.48. The van der Waals surface area contributed by atoms with E-state index in [9.17, 15) is 10.2 Å². The fraction of sp³-hybridized carbons (Fsp3) is 0.586. The lowest BCUT2D eigenvalue weighted by molar-refractivity contribution is -0.0893. The van der Waals surface area contributed by atoms with Gasteiger partial charge in [0.25, 0.3) is 0 Å². The number of aryl methyl sites for hydroxylation is 2. The molecule has 0 radical (unpaired) electrons. The van der Waals surface area contributed by atoms with Crippen LogP contribution in [0, 0.1) is 13.8 Å². The van der Waals surface area contributed by atoms with Crippen molar-refractivity contribution in [2.45, 2.75) is 111 Å². The quantitative estimate of drug-likeness (QED) is 0.569. The van der Waals surface area contributed by atoms with E-state index in [1.165, 1.54) is 33.4 Å². The van der Waals surface area contributed by atoms with Crippen LogP contribution in [0.3, 0.4) is 0 Å². The maximum atomic E-state index is 10.5. The molecule has 0 atom stereocenters. The third-order valence-electron chi connectivity index (χ3n) is 8.71. The molecule has 0 fully saturated rings. The van der Waals surface area contributed by atoms with E-state index < -0.39 is 22.4 Å². The van der Waals surface area contributed by atoms with Gasteiger partial charge in [-0.05, 0) is 102 Å². The summed E-state index contributed by atoms with van der Waals surface area (Å²) >= 11 is 0. The highest BCUT2D eigenvalue weighted by atomic mass is 16.5. The first-order valence-corrected chi connectivity index (χ1v) is 12.7. The molecule has 2 aromatic rings. The number of aliphatic hydroxyl groups is 2. The van der Waals surface area contributed by atoms with Crippen LogP contribution >= 0.6 is 0 Å². The predicted octanol–water partition coefficient (Wildman–Crippen LogP) is 3.70. The van der Waals surface area contributed by atoms with E-state index in [4.69, 9.17) is 9.31 Å². The molecule has 0 aliphatic heterocycles. The second-order valence-corrected chi connectivity index (χ2v) is 13.0. The molecule has 0 bridgehead atoms. The van der Waals surface area contributed by atoms with Crippen LogP contribution < -0.4 is 10.9 Å². The van der Waals surface area contributed by atoms with Gasteiger partial charge in [-0.3, -0.25) is 0 Å². The number of fused-ring (bicyclic) bond motifs is 3. The number of hydrogen-bond acceptors (Lipinski definition) is 4. The summed E-state index contributed by atoms with van der Waals surface area (Å²) in [5, 5.41) is 21.0. The Morgan fingerprint density at radius 3 is 1.23 bits per heavy atom. The summed E-state index contributed by atoms with van der Waals surface area (Å²) in [6, 6.07) is 9.14. The van der Waals surface area contributed by atoms with E-state index in [-0.39, 0.29) is 5.41 Å². The average molecular weight is 478 g/mol. The Labute approximate surface area is 214 Å². The van der Waals surface area contributed by atoms with Crippen LogP contribution in [0.5, 0.6) is 0 Å². The van der Waals surface area contributed by atoms with Gasteiger partial charge in [0.1, 0.15) is 0 Å². The monoisotopic (exact) mass is 478 g/mol. The van der Waals surface area contributed by atoms with E-state index >= 15 is 0 Å². The van der Waals surface area contributed by atoms with Crippen LogP contribution in [0.2, 0.25) is 0 Å². The molecule has 0 saturated carbocycles. The molecule has 0 aromatic heterocycles. The van der Waals surface area contributed by atoms with Crippen LogP contribution in [-0.4, -0.2) is 47.6 Å². The largest absolute Gasteiger partial charge is 0.427 e. The van der Waals surface area contributed by atoms with Gasteiger partial charge in [-0.15, -0.1) is 0 Å². The molecule has 190 valence electrons. The molecule has 6 heteroatoms. The standard InChI is InChI=1S/C29H44B2O4/c1-17-13-19-20-14-18(2)24(31-35-29(11,12)27(7,8)33)16-22(20)25(3,4)21(19)15-23(17)30-34-28(9,10)26(5,6)32/h13-16,30-33H,1-12H3. The molecule has 2 N–H and O–H groups in total. The lowest BCUT2D eigenvalue weighted by atomic mass is 9.74. The molecule has 0 amide bonds. The molecule has 35 heavy (non-hydrogen) atoms. The minimum atomic E-state index is -0.942. The van der Waals surface area contributed by atoms with Gasteiger partial charge in [0.05, 0.1) is 22.4 Å². The third-order valence-corrected chi connectivity index (χ3v) is 8.71. The van der Waals surface area contributed by atoms with Crippen LogP contribution in [0.15, 0.2) is 24.3 Å². The van der Waals surface area contributed by atoms with Crippen molar-refractivity contribution in [3.05, 3.63) is 46.5 Å². The average Bonchev–Trinajstić information content (AvgIpc) is 2.88. The maximum absolute atomic E-state index is 10.5. The van der Waals surface area contributed by atoms with Crippen molar-refractivity contribution < 1.29 is 19.5 Å². The summed E-state index contributed by atoms with van der Waals surface area (Å²) in [7, 11) is 0.902. The summed E-state index contributed by atoms with van der Waals surface area (Å²) in [6.07, 6.45) is 0. The smallest absolute Gasteiger partial charge is 0.309 e. The number of benzene rings is 2. The van der Waals surface area contributed by atoms with Gasteiger partial charge in [-0.2, -0.15) is 0 Å². The van der Waals surface area contributed by atoms with E-state index in [1.54, 1.807) is 27.7 Å². The van der Waals surface area contributed by atoms with Crippen LogP contribution in [0.25, 0.3) is 11.1 Å². The normalized spacial score (nSPS) is 15.6. The second kappa shape index (κ2) is 8.76. The maximum Gasteiger partial charge on any atom is 0.309 e. The lowest BCUT2D eigenvalue weighted by Crippen LogP contribution is -2.49. The summed E-state index contributed by atoms with van der Waals surface area (Å²) in [6.45, 7) is 23.7. The Balaban J connectivity index is 1.95. The van der Waals surface area contributed by atoms with Crippen molar-refractivity contribution in [3.63, 3.8) is 0 Å². The molecule has 0 heterocycles. The van der Waals surface area contributed by atoms with Gasteiger partial charge in [0.15, 0.2) is 0 Å². The third kappa shape index (κ3) is 5.13. The van der Waals surface area contributed by atoms with E-state index in [0.717, 1.165) is 10.9 Å². The van der Waals surface area contributed by atoms with E-state index in [2.05, 4.69) is 52.0 Å². The molecular formula is C29H44B2O4. The van der Waals surface area contributed by atoms with Gasteiger partial charge >= 0.3 is 15.0 Å². The fourth-order valence-electron chi connectivity index (χ4n) is 4.31. The highest BCUT2D eigenvalue weighted by molar-refractivity contribution is 6.48. The number of hydrogen-bond donors (Lipinski definition) is 2. The molecule has 0 unspecified atom stereocenters. The van der Waals surface area contributed by atoms with Crippen molar-refractivity contribution in [3.8, 4) is 11.1 Å². The minimum absolute atomic E-state index is 0.160. The Morgan fingerprint density at radius 1 is 0.629 bits per heavy atom. The second-order valence-electron chi connectivity index (χ2n) is 13.0. The molecule has 3 rings (SSSR count). The van der Waals surface area contributed by atoms with E-state index in [1.807, 2.05) is 27.7 Å². The zero-order chi connectivity index (χ0) is 26.8. The Hall–Kier alpha value is -1.59. The molecule has 4 nitrogen and oxygen atoms in total. The molecule has 0 spiro atoms. The first-order valence-electron chi connectivity index (χ1n) is 12.7. The SMILES string of the molecule is Cc1cc2c(cc1BOC(C)(C)C(C)(C)O)C(C)(C)c1cc(BOC(C)(C)C(C)(C)O)c(C)cc1-2. The van der Waals surface area contributed by atoms with Gasteiger partial charge in [-0.25, -0.2) is 0 Å². The van der Waals surface area contributed by atoms with Crippen LogP contribution in [0.1, 0.15) is 91.5 Å².